The topological polar surface area (TPSA) is 200 Å². The molecular weight excluding hydrogens is 652 g/mol. The van der Waals surface area contributed by atoms with E-state index in [1.807, 2.05) is 27.7 Å². The van der Waals surface area contributed by atoms with Crippen molar-refractivity contribution in [1.29, 1.82) is 0 Å². The Hall–Kier alpha value is -3.07. The number of piperidine rings is 1. The van der Waals surface area contributed by atoms with Gasteiger partial charge in [-0.2, -0.15) is 0 Å². The van der Waals surface area contributed by atoms with Crippen molar-refractivity contribution in [2.45, 2.75) is 154 Å². The zero-order valence-electron chi connectivity index (χ0n) is 29.8. The van der Waals surface area contributed by atoms with Crippen LogP contribution in [0.2, 0.25) is 0 Å². The van der Waals surface area contributed by atoms with Gasteiger partial charge in [-0.1, -0.05) is 53.4 Å². The number of nitrogens with one attached hydrogen (secondary N) is 5. The van der Waals surface area contributed by atoms with Crippen molar-refractivity contribution in [3.8, 4) is 0 Å². The molecule has 0 unspecified atom stereocenters. The molecule has 1 saturated heterocycles. The maximum Gasteiger partial charge on any atom is 0.289 e. The molecule has 4 fully saturated rings. The van der Waals surface area contributed by atoms with E-state index in [4.69, 9.17) is 0 Å². The van der Waals surface area contributed by atoms with Crippen molar-refractivity contribution in [1.82, 2.24) is 30.9 Å². The number of amides is 5. The van der Waals surface area contributed by atoms with Crippen LogP contribution in [0.5, 0.6) is 0 Å². The van der Waals surface area contributed by atoms with Crippen LogP contribution in [0.4, 0.5) is 0 Å². The lowest BCUT2D eigenvalue weighted by Crippen LogP contribution is -2.64. The van der Waals surface area contributed by atoms with E-state index < -0.39 is 81.0 Å². The first-order chi connectivity index (χ1) is 22.9. The van der Waals surface area contributed by atoms with Gasteiger partial charge in [-0.15, -0.1) is 0 Å². The molecule has 5 N–H and O–H groups in total. The Labute approximate surface area is 290 Å². The maximum absolute atomic E-state index is 14.5. The first-order valence-corrected chi connectivity index (χ1v) is 19.9. The average molecular weight is 709 g/mol. The minimum Gasteiger partial charge on any atom is -0.347 e. The van der Waals surface area contributed by atoms with Crippen LogP contribution in [0.3, 0.4) is 0 Å². The number of ketones is 1. The van der Waals surface area contributed by atoms with Crippen molar-refractivity contribution in [2.75, 3.05) is 6.26 Å². The highest BCUT2D eigenvalue weighted by molar-refractivity contribution is 7.88. The fourth-order valence-corrected chi connectivity index (χ4v) is 8.40. The van der Waals surface area contributed by atoms with Crippen molar-refractivity contribution in [2.24, 2.45) is 17.3 Å². The number of hydrogen-bond acceptors (Lipinski definition) is 8. The lowest BCUT2D eigenvalue weighted by molar-refractivity contribution is -0.149. The van der Waals surface area contributed by atoms with Gasteiger partial charge < -0.3 is 26.2 Å². The zero-order valence-corrected chi connectivity index (χ0v) is 30.6. The minimum absolute atomic E-state index is 0.00349. The van der Waals surface area contributed by atoms with Crippen LogP contribution in [0.15, 0.2) is 0 Å². The number of fused-ring (bicyclic) bond motifs is 2. The Morgan fingerprint density at radius 2 is 1.51 bits per heavy atom. The molecule has 5 amide bonds. The smallest absolute Gasteiger partial charge is 0.289 e. The zero-order chi connectivity index (χ0) is 36.3. The second-order valence-corrected chi connectivity index (χ2v) is 17.5. The van der Waals surface area contributed by atoms with E-state index in [0.29, 0.717) is 32.1 Å². The number of rotatable bonds is 15. The van der Waals surface area contributed by atoms with E-state index >= 15 is 0 Å². The Bertz CT molecular complexity index is 1390. The predicted octanol–water partition coefficient (Wildman–Crippen LogP) is 1.03. The predicted molar refractivity (Wildman–Crippen MR) is 182 cm³/mol. The van der Waals surface area contributed by atoms with Gasteiger partial charge in [-0.25, -0.2) is 13.1 Å². The largest absolute Gasteiger partial charge is 0.347 e. The summed E-state index contributed by atoms with van der Waals surface area (Å²) in [5.74, 6) is -3.82. The summed E-state index contributed by atoms with van der Waals surface area (Å²) in [6, 6.07) is -5.25. The molecule has 49 heavy (non-hydrogen) atoms. The van der Waals surface area contributed by atoms with Gasteiger partial charge in [0.2, 0.25) is 39.4 Å². The van der Waals surface area contributed by atoms with Crippen molar-refractivity contribution >= 4 is 45.3 Å². The van der Waals surface area contributed by atoms with Crippen LogP contribution in [0.25, 0.3) is 0 Å². The molecule has 2 bridgehead atoms. The number of likely N-dealkylation sites (tertiary alicyclic amines) is 1. The van der Waals surface area contributed by atoms with E-state index in [2.05, 4.69) is 26.0 Å². The third kappa shape index (κ3) is 10.0. The van der Waals surface area contributed by atoms with Crippen LogP contribution in [-0.2, 0) is 38.8 Å². The second-order valence-electron chi connectivity index (χ2n) is 15.7. The van der Waals surface area contributed by atoms with E-state index in [9.17, 15) is 37.2 Å². The van der Waals surface area contributed by atoms with E-state index in [1.165, 1.54) is 6.92 Å². The van der Waals surface area contributed by atoms with Crippen LogP contribution >= 0.6 is 0 Å². The number of sulfonamides is 1. The van der Waals surface area contributed by atoms with Crippen LogP contribution in [0, 0.1) is 17.3 Å². The molecule has 276 valence electrons. The van der Waals surface area contributed by atoms with Gasteiger partial charge in [0.25, 0.3) is 5.91 Å². The quantitative estimate of drug-likeness (QED) is 0.155. The molecule has 0 aromatic rings. The molecule has 3 saturated carbocycles. The summed E-state index contributed by atoms with van der Waals surface area (Å²) in [4.78, 5) is 82.8. The summed E-state index contributed by atoms with van der Waals surface area (Å²) in [5, 5.41) is 11.2. The highest BCUT2D eigenvalue weighted by Crippen LogP contribution is 2.44. The highest BCUT2D eigenvalue weighted by Gasteiger charge is 2.54. The van der Waals surface area contributed by atoms with Crippen LogP contribution in [-0.4, -0.2) is 97.2 Å². The van der Waals surface area contributed by atoms with Gasteiger partial charge in [0, 0.05) is 12.1 Å². The Morgan fingerprint density at radius 1 is 0.857 bits per heavy atom. The summed E-state index contributed by atoms with van der Waals surface area (Å²) in [7, 11) is -3.68. The van der Waals surface area contributed by atoms with Crippen LogP contribution < -0.4 is 26.0 Å². The van der Waals surface area contributed by atoms with Crippen LogP contribution in [0.1, 0.15) is 112 Å². The van der Waals surface area contributed by atoms with E-state index in [-0.39, 0.29) is 30.3 Å². The summed E-state index contributed by atoms with van der Waals surface area (Å²) < 4.78 is 25.8. The minimum atomic E-state index is -3.68. The fourth-order valence-electron chi connectivity index (χ4n) is 7.65. The molecule has 4 aliphatic rings. The molecule has 14 nitrogen and oxygen atoms in total. The monoisotopic (exact) mass is 708 g/mol. The molecule has 1 heterocycles. The lowest BCUT2D eigenvalue weighted by atomic mass is 9.81. The standard InChI is InChI=1S/C34H56N6O8S/c1-7-11-24(27(41)32(45)35-22-15-16-22)36-31(44)26-21-14-17-23(18-21)40(26)33(46)28(34(3,4)5)38-30(43)25(20-12-9-8-10-13-20)37-29(42)19(2)39-49(6,47)48/h19-26,28,39H,7-18H2,1-6H3,(H,35,45)(H,36,44)(H,37,42)(H,38,43)/t19-,21-,23+,24-,25-,26-,28+/m0/s1. The molecule has 0 aromatic carbocycles. The summed E-state index contributed by atoms with van der Waals surface area (Å²) in [6.07, 6.45) is 9.65. The summed E-state index contributed by atoms with van der Waals surface area (Å²) in [6.45, 7) is 8.72. The molecule has 4 rings (SSSR count). The van der Waals surface area contributed by atoms with E-state index in [0.717, 1.165) is 44.8 Å². The lowest BCUT2D eigenvalue weighted by Gasteiger charge is -2.41. The summed E-state index contributed by atoms with van der Waals surface area (Å²) in [5.41, 5.74) is -0.788. The molecule has 0 radical (unpaired) electrons. The number of Topliss-reactive ketones (excluding diaryl/α,β-unsaturated/α-hetero) is 1. The number of carbonyl (C=O) groups is 6. The Kier molecular flexibility index (Phi) is 12.5. The van der Waals surface area contributed by atoms with Gasteiger partial charge >= 0.3 is 0 Å². The highest BCUT2D eigenvalue weighted by atomic mass is 32.2. The first-order valence-electron chi connectivity index (χ1n) is 18.0. The van der Waals surface area contributed by atoms with E-state index in [1.54, 1.807) is 4.90 Å². The molecule has 15 heteroatoms. The molecular formula is C34H56N6O8S. The van der Waals surface area contributed by atoms with Crippen molar-refractivity contribution in [3.63, 3.8) is 0 Å². The molecule has 3 aliphatic carbocycles. The Balaban J connectivity index is 1.54. The molecule has 0 spiro atoms. The first kappa shape index (κ1) is 38.7. The third-order valence-electron chi connectivity index (χ3n) is 10.3. The van der Waals surface area contributed by atoms with Gasteiger partial charge in [0.15, 0.2) is 0 Å². The second kappa shape index (κ2) is 15.9. The average Bonchev–Trinajstić information content (AvgIpc) is 3.59. The van der Waals surface area contributed by atoms with Crippen molar-refractivity contribution < 1.29 is 37.2 Å². The van der Waals surface area contributed by atoms with Gasteiger partial charge in [-0.05, 0) is 75.5 Å². The number of carbonyl (C=O) groups excluding carboxylic acids is 6. The van der Waals surface area contributed by atoms with Crippen molar-refractivity contribution in [3.05, 3.63) is 0 Å². The van der Waals surface area contributed by atoms with Gasteiger partial charge in [0.05, 0.1) is 18.3 Å². The summed E-state index contributed by atoms with van der Waals surface area (Å²) >= 11 is 0. The molecule has 1 aliphatic heterocycles. The SMILES string of the molecule is CCC[C@H](NC(=O)[C@@H]1[C@H]2CC[C@H](C2)N1C(=O)[C@@H](NC(=O)[C@@H](NC(=O)[C@H](C)NS(C)(=O)=O)C1CCCCC1)C(C)(C)C)C(=O)C(=O)NC1CC1. The number of hydrogen-bond donors (Lipinski definition) is 5. The fraction of sp³-hybridized carbons (Fsp3) is 0.824. The molecule has 0 aromatic heterocycles. The Morgan fingerprint density at radius 3 is 2.08 bits per heavy atom. The number of nitrogens with zero attached hydrogens (tertiary/aromatic N) is 1. The normalized spacial score (nSPS) is 25.1. The third-order valence-corrected chi connectivity index (χ3v) is 11.1. The van der Waals surface area contributed by atoms with Gasteiger partial charge in [-0.3, -0.25) is 28.8 Å². The maximum atomic E-state index is 14.5. The van der Waals surface area contributed by atoms with Gasteiger partial charge in [0.1, 0.15) is 18.1 Å². The molecule has 7 atom stereocenters.